The van der Waals surface area contributed by atoms with Crippen LogP contribution in [0.25, 0.3) is 11.3 Å². The van der Waals surface area contributed by atoms with Crippen LogP contribution in [0.3, 0.4) is 0 Å². The third-order valence-electron chi connectivity index (χ3n) is 2.82. The number of rotatable bonds is 4. The average molecular weight is 231 g/mol. The third-order valence-corrected chi connectivity index (χ3v) is 2.82. The third kappa shape index (κ3) is 2.47. The maximum atomic E-state index is 5.61. The van der Waals surface area contributed by atoms with Gasteiger partial charge in [0.1, 0.15) is 11.6 Å². The van der Waals surface area contributed by atoms with E-state index in [9.17, 15) is 0 Å². The first kappa shape index (κ1) is 11.7. The number of imidazole rings is 1. The summed E-state index contributed by atoms with van der Waals surface area (Å²) in [7, 11) is 1.66. The molecule has 0 aliphatic rings. The molecule has 1 aromatic heterocycles. The predicted octanol–water partition coefficient (Wildman–Crippen LogP) is 2.15. The van der Waals surface area contributed by atoms with Gasteiger partial charge in [0.2, 0.25) is 0 Å². The average Bonchev–Trinajstić information content (AvgIpc) is 2.87. The fraction of sp³-hybridized carbons (Fsp3) is 0.308. The van der Waals surface area contributed by atoms with E-state index in [-0.39, 0.29) is 5.92 Å². The number of aromatic amines is 1. The Morgan fingerprint density at radius 3 is 2.65 bits per heavy atom. The number of nitrogens with zero attached hydrogens (tertiary/aromatic N) is 1. The summed E-state index contributed by atoms with van der Waals surface area (Å²) in [4.78, 5) is 7.62. The van der Waals surface area contributed by atoms with E-state index in [0.717, 1.165) is 22.8 Å². The number of benzene rings is 1. The molecule has 3 N–H and O–H groups in total. The van der Waals surface area contributed by atoms with Crippen molar-refractivity contribution in [1.29, 1.82) is 0 Å². The number of nitrogens with one attached hydrogen (secondary N) is 1. The van der Waals surface area contributed by atoms with Gasteiger partial charge in [0.05, 0.1) is 19.0 Å². The minimum Gasteiger partial charge on any atom is -0.497 e. The van der Waals surface area contributed by atoms with Crippen LogP contribution in [0.1, 0.15) is 18.7 Å². The van der Waals surface area contributed by atoms with Gasteiger partial charge in [-0.2, -0.15) is 0 Å². The van der Waals surface area contributed by atoms with Gasteiger partial charge in [-0.05, 0) is 29.8 Å². The fourth-order valence-electron chi connectivity index (χ4n) is 1.62. The molecule has 2 rings (SSSR count). The second kappa shape index (κ2) is 5.01. The normalized spacial score (nSPS) is 12.4. The van der Waals surface area contributed by atoms with Crippen LogP contribution in [0, 0.1) is 0 Å². The van der Waals surface area contributed by atoms with Crippen LogP contribution in [-0.2, 0) is 0 Å². The zero-order chi connectivity index (χ0) is 12.3. The zero-order valence-corrected chi connectivity index (χ0v) is 10.1. The Morgan fingerprint density at radius 1 is 1.35 bits per heavy atom. The van der Waals surface area contributed by atoms with E-state index in [1.54, 1.807) is 7.11 Å². The maximum Gasteiger partial charge on any atom is 0.118 e. The smallest absolute Gasteiger partial charge is 0.118 e. The van der Waals surface area contributed by atoms with Gasteiger partial charge in [0.25, 0.3) is 0 Å². The van der Waals surface area contributed by atoms with E-state index in [1.165, 1.54) is 0 Å². The van der Waals surface area contributed by atoms with Gasteiger partial charge in [-0.3, -0.25) is 0 Å². The van der Waals surface area contributed by atoms with Gasteiger partial charge in [-0.1, -0.05) is 6.92 Å². The Morgan fingerprint density at radius 2 is 2.06 bits per heavy atom. The summed E-state index contributed by atoms with van der Waals surface area (Å²) >= 11 is 0. The first-order valence-corrected chi connectivity index (χ1v) is 5.64. The van der Waals surface area contributed by atoms with E-state index >= 15 is 0 Å². The van der Waals surface area contributed by atoms with Crippen molar-refractivity contribution in [1.82, 2.24) is 9.97 Å². The van der Waals surface area contributed by atoms with E-state index in [2.05, 4.69) is 16.9 Å². The van der Waals surface area contributed by atoms with Gasteiger partial charge in [0.15, 0.2) is 0 Å². The summed E-state index contributed by atoms with van der Waals surface area (Å²) in [6.45, 7) is 2.65. The Labute approximate surface area is 101 Å². The summed E-state index contributed by atoms with van der Waals surface area (Å²) in [6, 6.07) is 7.87. The highest BCUT2D eigenvalue weighted by molar-refractivity contribution is 5.59. The largest absolute Gasteiger partial charge is 0.497 e. The molecule has 0 saturated heterocycles. The SMILES string of the molecule is COc1ccc(-c2cnc(C(C)CN)[nH]2)cc1. The molecule has 0 amide bonds. The second-order valence-corrected chi connectivity index (χ2v) is 4.05. The van der Waals surface area contributed by atoms with Crippen molar-refractivity contribution in [2.45, 2.75) is 12.8 Å². The fourth-order valence-corrected chi connectivity index (χ4v) is 1.62. The lowest BCUT2D eigenvalue weighted by Crippen LogP contribution is -2.10. The molecule has 0 bridgehead atoms. The van der Waals surface area contributed by atoms with Crippen molar-refractivity contribution in [3.8, 4) is 17.0 Å². The Hall–Kier alpha value is -1.81. The molecule has 0 saturated carbocycles. The number of methoxy groups -OCH3 is 1. The van der Waals surface area contributed by atoms with Gasteiger partial charge in [-0.15, -0.1) is 0 Å². The number of ether oxygens (including phenoxy) is 1. The van der Waals surface area contributed by atoms with Crippen LogP contribution in [0.4, 0.5) is 0 Å². The molecule has 0 spiro atoms. The van der Waals surface area contributed by atoms with Crippen molar-refractivity contribution in [3.63, 3.8) is 0 Å². The molecule has 2 aromatic rings. The van der Waals surface area contributed by atoms with Crippen LogP contribution in [-0.4, -0.2) is 23.6 Å². The summed E-state index contributed by atoms with van der Waals surface area (Å²) in [5.74, 6) is 2.03. The molecule has 90 valence electrons. The van der Waals surface area contributed by atoms with E-state index < -0.39 is 0 Å². The van der Waals surface area contributed by atoms with E-state index in [1.807, 2.05) is 30.5 Å². The minimum absolute atomic E-state index is 0.252. The number of H-pyrrole nitrogens is 1. The molecule has 0 aliphatic carbocycles. The van der Waals surface area contributed by atoms with Gasteiger partial charge in [0, 0.05) is 12.5 Å². The Balaban J connectivity index is 2.24. The quantitative estimate of drug-likeness (QED) is 0.847. The first-order valence-electron chi connectivity index (χ1n) is 5.64. The standard InChI is InChI=1S/C13H17N3O/c1-9(7-14)13-15-8-12(16-13)10-3-5-11(17-2)6-4-10/h3-6,8-9H,7,14H2,1-2H3,(H,15,16). The molecule has 1 heterocycles. The zero-order valence-electron chi connectivity index (χ0n) is 10.1. The molecule has 4 nitrogen and oxygen atoms in total. The molecular formula is C13H17N3O. The number of aromatic nitrogens is 2. The molecule has 17 heavy (non-hydrogen) atoms. The van der Waals surface area contributed by atoms with Crippen LogP contribution >= 0.6 is 0 Å². The molecular weight excluding hydrogens is 214 g/mol. The summed E-state index contributed by atoms with van der Waals surface area (Å²) < 4.78 is 5.12. The van der Waals surface area contributed by atoms with Crippen molar-refractivity contribution >= 4 is 0 Å². The molecule has 1 atom stereocenters. The van der Waals surface area contributed by atoms with Crippen molar-refractivity contribution in [2.24, 2.45) is 5.73 Å². The second-order valence-electron chi connectivity index (χ2n) is 4.05. The molecule has 1 unspecified atom stereocenters. The molecule has 0 radical (unpaired) electrons. The van der Waals surface area contributed by atoms with Crippen LogP contribution < -0.4 is 10.5 Å². The van der Waals surface area contributed by atoms with Crippen molar-refractivity contribution in [3.05, 3.63) is 36.3 Å². The van der Waals surface area contributed by atoms with Crippen LogP contribution in [0.15, 0.2) is 30.5 Å². The molecule has 4 heteroatoms. The summed E-state index contributed by atoms with van der Waals surface area (Å²) in [6.07, 6.45) is 1.84. The maximum absolute atomic E-state index is 5.61. The number of nitrogens with two attached hydrogens (primary N) is 1. The number of hydrogen-bond donors (Lipinski definition) is 2. The van der Waals surface area contributed by atoms with Gasteiger partial charge < -0.3 is 15.5 Å². The van der Waals surface area contributed by atoms with Crippen LogP contribution in [0.2, 0.25) is 0 Å². The van der Waals surface area contributed by atoms with Gasteiger partial charge in [-0.25, -0.2) is 4.98 Å². The van der Waals surface area contributed by atoms with E-state index in [4.69, 9.17) is 10.5 Å². The summed E-state index contributed by atoms with van der Waals surface area (Å²) in [5, 5.41) is 0. The van der Waals surface area contributed by atoms with Crippen molar-refractivity contribution in [2.75, 3.05) is 13.7 Å². The van der Waals surface area contributed by atoms with E-state index in [0.29, 0.717) is 6.54 Å². The number of hydrogen-bond acceptors (Lipinski definition) is 3. The highest BCUT2D eigenvalue weighted by Crippen LogP contribution is 2.22. The lowest BCUT2D eigenvalue weighted by Gasteiger charge is -2.04. The predicted molar refractivity (Wildman–Crippen MR) is 68.0 cm³/mol. The molecule has 1 aromatic carbocycles. The highest BCUT2D eigenvalue weighted by atomic mass is 16.5. The molecule has 0 fully saturated rings. The minimum atomic E-state index is 0.252. The van der Waals surface area contributed by atoms with Crippen LogP contribution in [0.5, 0.6) is 5.75 Å². The Bertz CT molecular complexity index is 476. The first-order chi connectivity index (χ1) is 8.24. The van der Waals surface area contributed by atoms with Crippen molar-refractivity contribution < 1.29 is 4.74 Å². The Kier molecular flexibility index (Phi) is 3.44. The van der Waals surface area contributed by atoms with Gasteiger partial charge >= 0.3 is 0 Å². The summed E-state index contributed by atoms with van der Waals surface area (Å²) in [5.41, 5.74) is 7.71. The lowest BCUT2D eigenvalue weighted by molar-refractivity contribution is 0.415. The lowest BCUT2D eigenvalue weighted by atomic mass is 10.1. The highest BCUT2D eigenvalue weighted by Gasteiger charge is 2.08. The monoisotopic (exact) mass is 231 g/mol. The topological polar surface area (TPSA) is 63.9 Å². The molecule has 0 aliphatic heterocycles.